The Balaban J connectivity index is 1.31. The van der Waals surface area contributed by atoms with Gasteiger partial charge in [-0.25, -0.2) is 4.98 Å². The molecule has 1 aliphatic heterocycles. The Morgan fingerprint density at radius 1 is 1.00 bits per heavy atom. The Morgan fingerprint density at radius 3 is 2.54 bits per heavy atom. The van der Waals surface area contributed by atoms with Crippen LogP contribution in [0.3, 0.4) is 0 Å². The number of carbonyl (C=O) groups is 1. The van der Waals surface area contributed by atoms with Gasteiger partial charge in [0.1, 0.15) is 5.82 Å². The Hall–Kier alpha value is -2.88. The molecule has 0 aliphatic carbocycles. The standard InChI is InChI=1S/C22H23N3O/c26-22(20-9-8-18-5-1-2-6-19(18)15-20)24-16-17-10-13-25(14-11-17)21-7-3-4-12-23-21/h1-9,12,15,17H,10-11,13-14,16H2,(H,24,26). The van der Waals surface area contributed by atoms with E-state index in [9.17, 15) is 4.79 Å². The molecular formula is C22H23N3O. The molecule has 0 atom stereocenters. The molecule has 2 heterocycles. The van der Waals surface area contributed by atoms with E-state index < -0.39 is 0 Å². The van der Waals surface area contributed by atoms with Crippen LogP contribution in [-0.4, -0.2) is 30.5 Å². The summed E-state index contributed by atoms with van der Waals surface area (Å²) in [5, 5.41) is 5.37. The molecule has 0 spiro atoms. The number of amides is 1. The summed E-state index contributed by atoms with van der Waals surface area (Å²) in [6, 6.07) is 20.0. The highest BCUT2D eigenvalue weighted by atomic mass is 16.1. The van der Waals surface area contributed by atoms with Gasteiger partial charge in [0, 0.05) is 31.4 Å². The molecule has 1 amide bonds. The lowest BCUT2D eigenvalue weighted by atomic mass is 9.96. The minimum Gasteiger partial charge on any atom is -0.357 e. The molecule has 0 radical (unpaired) electrons. The highest BCUT2D eigenvalue weighted by molar-refractivity contribution is 5.98. The van der Waals surface area contributed by atoms with Gasteiger partial charge in [-0.3, -0.25) is 4.79 Å². The van der Waals surface area contributed by atoms with Crippen molar-refractivity contribution in [3.63, 3.8) is 0 Å². The second-order valence-electron chi connectivity index (χ2n) is 6.89. The number of benzene rings is 2. The Kier molecular flexibility index (Phi) is 4.82. The van der Waals surface area contributed by atoms with E-state index in [0.717, 1.165) is 54.6 Å². The van der Waals surface area contributed by atoms with Gasteiger partial charge in [0.15, 0.2) is 0 Å². The van der Waals surface area contributed by atoms with Gasteiger partial charge in [0.2, 0.25) is 0 Å². The molecule has 4 heteroatoms. The monoisotopic (exact) mass is 345 g/mol. The van der Waals surface area contributed by atoms with Crippen LogP contribution in [0.5, 0.6) is 0 Å². The van der Waals surface area contributed by atoms with Crippen LogP contribution in [0.4, 0.5) is 5.82 Å². The van der Waals surface area contributed by atoms with Crippen molar-refractivity contribution < 1.29 is 4.79 Å². The van der Waals surface area contributed by atoms with Gasteiger partial charge in [-0.2, -0.15) is 0 Å². The topological polar surface area (TPSA) is 45.2 Å². The molecule has 26 heavy (non-hydrogen) atoms. The first-order valence-corrected chi connectivity index (χ1v) is 9.22. The van der Waals surface area contributed by atoms with Crippen LogP contribution in [0, 0.1) is 5.92 Å². The number of aromatic nitrogens is 1. The van der Waals surface area contributed by atoms with Gasteiger partial charge >= 0.3 is 0 Å². The maximum absolute atomic E-state index is 12.5. The van der Waals surface area contributed by atoms with E-state index in [2.05, 4.69) is 27.3 Å². The van der Waals surface area contributed by atoms with E-state index in [1.165, 1.54) is 0 Å². The summed E-state index contributed by atoms with van der Waals surface area (Å²) in [7, 11) is 0. The van der Waals surface area contributed by atoms with Crippen LogP contribution in [-0.2, 0) is 0 Å². The molecule has 4 rings (SSSR count). The zero-order valence-electron chi connectivity index (χ0n) is 14.8. The number of rotatable bonds is 4. The second kappa shape index (κ2) is 7.56. The first-order chi connectivity index (χ1) is 12.8. The van der Waals surface area contributed by atoms with Crippen LogP contribution in [0.15, 0.2) is 66.9 Å². The number of hydrogen-bond acceptors (Lipinski definition) is 3. The summed E-state index contributed by atoms with van der Waals surface area (Å²) in [6.45, 7) is 2.72. The van der Waals surface area contributed by atoms with Gasteiger partial charge in [-0.05, 0) is 53.8 Å². The van der Waals surface area contributed by atoms with Crippen molar-refractivity contribution in [2.24, 2.45) is 5.92 Å². The largest absolute Gasteiger partial charge is 0.357 e. The summed E-state index contributed by atoms with van der Waals surface area (Å²) in [6.07, 6.45) is 3.99. The molecule has 0 unspecified atom stereocenters. The lowest BCUT2D eigenvalue weighted by Gasteiger charge is -2.32. The normalized spacial score (nSPS) is 15.2. The number of fused-ring (bicyclic) bond motifs is 1. The fourth-order valence-electron chi connectivity index (χ4n) is 3.58. The van der Waals surface area contributed by atoms with Crippen LogP contribution < -0.4 is 10.2 Å². The number of carbonyl (C=O) groups excluding carboxylic acids is 1. The lowest BCUT2D eigenvalue weighted by molar-refractivity contribution is 0.0945. The Bertz CT molecular complexity index is 886. The van der Waals surface area contributed by atoms with Gasteiger partial charge in [0.25, 0.3) is 5.91 Å². The highest BCUT2D eigenvalue weighted by Gasteiger charge is 2.20. The third-order valence-electron chi connectivity index (χ3n) is 5.15. The van der Waals surface area contributed by atoms with Gasteiger partial charge < -0.3 is 10.2 Å². The molecule has 132 valence electrons. The predicted octanol–water partition coefficient (Wildman–Crippen LogP) is 3.88. The molecule has 1 aromatic heterocycles. The first-order valence-electron chi connectivity index (χ1n) is 9.22. The minimum absolute atomic E-state index is 0.0166. The fraction of sp³-hybridized carbons (Fsp3) is 0.273. The highest BCUT2D eigenvalue weighted by Crippen LogP contribution is 2.21. The van der Waals surface area contributed by atoms with Gasteiger partial charge in [-0.15, -0.1) is 0 Å². The fourth-order valence-corrected chi connectivity index (χ4v) is 3.58. The zero-order chi connectivity index (χ0) is 17.8. The maximum Gasteiger partial charge on any atom is 0.251 e. The SMILES string of the molecule is O=C(NCC1CCN(c2ccccn2)CC1)c1ccc2ccccc2c1. The van der Waals surface area contributed by atoms with Crippen molar-refractivity contribution in [1.82, 2.24) is 10.3 Å². The molecule has 1 saturated heterocycles. The molecule has 3 aromatic rings. The molecule has 4 nitrogen and oxygen atoms in total. The number of nitrogens with zero attached hydrogens (tertiary/aromatic N) is 2. The summed E-state index contributed by atoms with van der Waals surface area (Å²) in [5.41, 5.74) is 0.731. The van der Waals surface area contributed by atoms with Crippen molar-refractivity contribution in [3.05, 3.63) is 72.4 Å². The summed E-state index contributed by atoms with van der Waals surface area (Å²) < 4.78 is 0. The lowest BCUT2D eigenvalue weighted by Crippen LogP contribution is -2.39. The molecule has 1 aliphatic rings. The zero-order valence-corrected chi connectivity index (χ0v) is 14.8. The first kappa shape index (κ1) is 16.6. The number of pyridine rings is 1. The van der Waals surface area contributed by atoms with Crippen LogP contribution in [0.1, 0.15) is 23.2 Å². The maximum atomic E-state index is 12.5. The molecule has 0 saturated carbocycles. The van der Waals surface area contributed by atoms with Crippen molar-refractivity contribution >= 4 is 22.5 Å². The molecule has 1 fully saturated rings. The van der Waals surface area contributed by atoms with E-state index in [1.54, 1.807) is 0 Å². The molecule has 1 N–H and O–H groups in total. The average molecular weight is 345 g/mol. The van der Waals surface area contributed by atoms with E-state index >= 15 is 0 Å². The third-order valence-corrected chi connectivity index (χ3v) is 5.15. The number of nitrogens with one attached hydrogen (secondary N) is 1. The van der Waals surface area contributed by atoms with Crippen molar-refractivity contribution in [2.75, 3.05) is 24.5 Å². The summed E-state index contributed by atoms with van der Waals surface area (Å²) in [4.78, 5) is 19.2. The molecule has 0 bridgehead atoms. The van der Waals surface area contributed by atoms with Crippen LogP contribution in [0.2, 0.25) is 0 Å². The van der Waals surface area contributed by atoms with Crippen molar-refractivity contribution in [1.29, 1.82) is 0 Å². The van der Waals surface area contributed by atoms with Crippen molar-refractivity contribution in [3.8, 4) is 0 Å². The number of hydrogen-bond donors (Lipinski definition) is 1. The van der Waals surface area contributed by atoms with Crippen molar-refractivity contribution in [2.45, 2.75) is 12.8 Å². The summed E-state index contributed by atoms with van der Waals surface area (Å²) in [5.74, 6) is 1.59. The second-order valence-corrected chi connectivity index (χ2v) is 6.89. The third kappa shape index (κ3) is 3.69. The number of anilines is 1. The van der Waals surface area contributed by atoms with Crippen LogP contribution in [0.25, 0.3) is 10.8 Å². The van der Waals surface area contributed by atoms with E-state index in [4.69, 9.17) is 0 Å². The van der Waals surface area contributed by atoms with Crippen LogP contribution >= 0.6 is 0 Å². The molecular weight excluding hydrogens is 322 g/mol. The summed E-state index contributed by atoms with van der Waals surface area (Å²) >= 11 is 0. The van der Waals surface area contributed by atoms with E-state index in [-0.39, 0.29) is 5.91 Å². The smallest absolute Gasteiger partial charge is 0.251 e. The predicted molar refractivity (Wildman–Crippen MR) is 105 cm³/mol. The van der Waals surface area contributed by atoms with Gasteiger partial charge in [-0.1, -0.05) is 36.4 Å². The number of piperidine rings is 1. The van der Waals surface area contributed by atoms with E-state index in [1.807, 2.05) is 54.7 Å². The Labute approximate surface area is 153 Å². The van der Waals surface area contributed by atoms with E-state index in [0.29, 0.717) is 5.92 Å². The molecule has 2 aromatic carbocycles. The Morgan fingerprint density at radius 2 is 1.77 bits per heavy atom. The quantitative estimate of drug-likeness (QED) is 0.780. The average Bonchev–Trinajstić information content (AvgIpc) is 2.72. The van der Waals surface area contributed by atoms with Gasteiger partial charge in [0.05, 0.1) is 0 Å². The minimum atomic E-state index is 0.0166.